The summed E-state index contributed by atoms with van der Waals surface area (Å²) in [5.74, 6) is 1.99. The molecule has 0 aliphatic heterocycles. The fourth-order valence-corrected chi connectivity index (χ4v) is 10.2. The van der Waals surface area contributed by atoms with Crippen LogP contribution in [0.25, 0.3) is 94.2 Å². The van der Waals surface area contributed by atoms with E-state index in [4.69, 9.17) is 14.1 Å². The number of nitrogens with zero attached hydrogens (tertiary/aromatic N) is 4. The molecule has 0 aliphatic carbocycles. The molecule has 4 heterocycles. The predicted octanol–water partition coefficient (Wildman–Crippen LogP) is 16.7. The van der Waals surface area contributed by atoms with E-state index in [0.717, 1.165) is 94.2 Å². The molecule has 0 radical (unpaired) electrons. The Morgan fingerprint density at radius 2 is 1.23 bits per heavy atom. The van der Waals surface area contributed by atoms with Crippen LogP contribution >= 0.6 is 0 Å². The van der Waals surface area contributed by atoms with Crippen LogP contribution in [0.2, 0.25) is 0 Å². The van der Waals surface area contributed by atoms with Crippen molar-refractivity contribution in [1.82, 2.24) is 14.1 Å². The minimum absolute atomic E-state index is 0. The maximum Gasteiger partial charge on any atom is 0.268 e. The Kier molecular flexibility index (Phi) is 11.7. The smallest absolute Gasteiger partial charge is 0.268 e. The van der Waals surface area contributed by atoms with Gasteiger partial charge in [-0.3, -0.25) is 4.57 Å². The SMILES string of the molecule is CC(C)(C)c1ccnc(-n2c3[c-]c(Oc4[c-]c(-n5[c-][n+](-c6c(-c7cc(-c8ccccc8)c8oc9ccccc9c8c7)cc(C(C)(C)C)cc6C(C)(C)C)c6ccccc65)ccc4)ccc3c3ccccc32)c1.[Pt]. The van der Waals surface area contributed by atoms with Crippen molar-refractivity contribution in [3.63, 3.8) is 0 Å². The summed E-state index contributed by atoms with van der Waals surface area (Å²) in [6, 6.07) is 67.1. The molecule has 12 aromatic rings. The van der Waals surface area contributed by atoms with Crippen LogP contribution in [0.5, 0.6) is 11.5 Å². The van der Waals surface area contributed by atoms with E-state index in [0.29, 0.717) is 11.5 Å². The number of imidazole rings is 1. The van der Waals surface area contributed by atoms with Crippen LogP contribution < -0.4 is 9.30 Å². The van der Waals surface area contributed by atoms with Crippen LogP contribution in [-0.2, 0) is 37.3 Å². The Morgan fingerprint density at radius 1 is 0.534 bits per heavy atom. The molecular formula is C66H56N4O2Pt-2. The molecule has 0 unspecified atom stereocenters. The fourth-order valence-electron chi connectivity index (χ4n) is 10.2. The summed E-state index contributed by atoms with van der Waals surface area (Å²) in [6.45, 7) is 20.5. The average molecular weight is 1130 g/mol. The van der Waals surface area contributed by atoms with E-state index in [-0.39, 0.29) is 37.3 Å². The van der Waals surface area contributed by atoms with Crippen molar-refractivity contribution >= 4 is 54.8 Å². The van der Waals surface area contributed by atoms with Crippen molar-refractivity contribution in [3.05, 3.63) is 211 Å². The first-order chi connectivity index (χ1) is 34.6. The van der Waals surface area contributed by atoms with E-state index in [9.17, 15) is 0 Å². The van der Waals surface area contributed by atoms with Gasteiger partial charge < -0.3 is 18.3 Å². The molecule has 0 spiro atoms. The van der Waals surface area contributed by atoms with Gasteiger partial charge >= 0.3 is 0 Å². The second-order valence-corrected chi connectivity index (χ2v) is 22.1. The number of aromatic nitrogens is 4. The average Bonchev–Trinajstić information content (AvgIpc) is 4.05. The molecule has 6 nitrogen and oxygen atoms in total. The topological polar surface area (TPSA) is 49.0 Å². The third kappa shape index (κ3) is 8.46. The summed E-state index contributed by atoms with van der Waals surface area (Å²) in [5, 5.41) is 4.38. The number of furan rings is 1. The summed E-state index contributed by atoms with van der Waals surface area (Å²) >= 11 is 0. The van der Waals surface area contributed by atoms with Crippen LogP contribution in [0.4, 0.5) is 0 Å². The molecule has 0 saturated carbocycles. The molecule has 0 atom stereocenters. The molecule has 0 fully saturated rings. The van der Waals surface area contributed by atoms with E-state index in [1.54, 1.807) is 0 Å². The van der Waals surface area contributed by atoms with E-state index in [1.165, 1.54) is 16.7 Å². The van der Waals surface area contributed by atoms with Crippen LogP contribution in [0, 0.1) is 18.5 Å². The summed E-state index contributed by atoms with van der Waals surface area (Å²) < 4.78 is 20.0. The van der Waals surface area contributed by atoms with Gasteiger partial charge in [-0.1, -0.05) is 171 Å². The van der Waals surface area contributed by atoms with E-state index >= 15 is 0 Å². The number of hydrogen-bond donors (Lipinski definition) is 0. The minimum Gasteiger partial charge on any atom is -0.510 e. The second-order valence-electron chi connectivity index (χ2n) is 22.1. The van der Waals surface area contributed by atoms with E-state index in [2.05, 4.69) is 240 Å². The van der Waals surface area contributed by atoms with Gasteiger partial charge in [0.1, 0.15) is 17.0 Å². The van der Waals surface area contributed by atoms with Gasteiger partial charge in [-0.25, -0.2) is 4.98 Å². The Labute approximate surface area is 441 Å². The van der Waals surface area contributed by atoms with Gasteiger partial charge in [0.2, 0.25) is 0 Å². The zero-order valence-electron chi connectivity index (χ0n) is 42.7. The summed E-state index contributed by atoms with van der Waals surface area (Å²) in [5.41, 5.74) is 15.2. The second kappa shape index (κ2) is 17.9. The predicted molar refractivity (Wildman–Crippen MR) is 294 cm³/mol. The zero-order chi connectivity index (χ0) is 49.7. The number of benzene rings is 8. The quantitative estimate of drug-likeness (QED) is 0.118. The van der Waals surface area contributed by atoms with Gasteiger partial charge in [-0.2, -0.15) is 18.2 Å². The number of pyridine rings is 1. The zero-order valence-corrected chi connectivity index (χ0v) is 44.9. The maximum absolute atomic E-state index is 6.72. The van der Waals surface area contributed by atoms with Crippen molar-refractivity contribution in [1.29, 1.82) is 0 Å². The third-order valence-electron chi connectivity index (χ3n) is 14.1. The third-order valence-corrected chi connectivity index (χ3v) is 14.1. The molecule has 0 saturated heterocycles. The monoisotopic (exact) mass is 1130 g/mol. The molecule has 0 aliphatic rings. The molecule has 364 valence electrons. The van der Waals surface area contributed by atoms with Crippen LogP contribution in [0.15, 0.2) is 180 Å². The molecule has 0 amide bonds. The first-order valence-corrected chi connectivity index (χ1v) is 24.9. The summed E-state index contributed by atoms with van der Waals surface area (Å²) in [6.07, 6.45) is 5.79. The van der Waals surface area contributed by atoms with Gasteiger partial charge in [0.25, 0.3) is 6.33 Å². The van der Waals surface area contributed by atoms with Gasteiger partial charge in [0.15, 0.2) is 0 Å². The fraction of sp³-hybridized carbons (Fsp3) is 0.182. The molecule has 0 bridgehead atoms. The summed E-state index contributed by atoms with van der Waals surface area (Å²) in [7, 11) is 0. The van der Waals surface area contributed by atoms with Crippen molar-refractivity contribution in [2.75, 3.05) is 0 Å². The van der Waals surface area contributed by atoms with Crippen LogP contribution in [0.1, 0.15) is 79.0 Å². The molecule has 12 rings (SSSR count). The number of para-hydroxylation sites is 4. The van der Waals surface area contributed by atoms with Gasteiger partial charge in [0.05, 0.1) is 16.7 Å². The molecule has 8 aromatic carbocycles. The Hall–Kier alpha value is -7.53. The molecule has 0 N–H and O–H groups in total. The largest absolute Gasteiger partial charge is 0.510 e. The van der Waals surface area contributed by atoms with Crippen molar-refractivity contribution in [2.24, 2.45) is 0 Å². The van der Waals surface area contributed by atoms with Crippen LogP contribution in [0.3, 0.4) is 0 Å². The Balaban J connectivity index is 0.00000574. The maximum atomic E-state index is 6.72. The standard InChI is InChI=1S/C66H56N4O2.Pt/c1-64(2,3)44-32-33-67-61(38-44)70-56-26-15-13-24-49(56)50-31-30-48(40-59(50)70)71-47-23-19-22-46(39-47)68-41-69(58-28-17-16-27-57(58)68)62-52(36-45(65(4,5)6)37-55(62)66(7,8)9)43-34-53(42-20-11-10-12-21-42)63-54(35-43)51-25-14-18-29-60(51)72-63;/h10-38H,1-9H3;/q-2;. The van der Waals surface area contributed by atoms with Gasteiger partial charge in [0, 0.05) is 60.6 Å². The number of rotatable bonds is 7. The first-order valence-electron chi connectivity index (χ1n) is 24.9. The number of hydrogen-bond acceptors (Lipinski definition) is 3. The number of ether oxygens (including phenoxy) is 1. The van der Waals surface area contributed by atoms with E-state index < -0.39 is 0 Å². The first kappa shape index (κ1) is 47.8. The normalized spacial score (nSPS) is 12.3. The molecule has 73 heavy (non-hydrogen) atoms. The summed E-state index contributed by atoms with van der Waals surface area (Å²) in [4.78, 5) is 4.88. The van der Waals surface area contributed by atoms with Crippen molar-refractivity contribution < 1.29 is 34.8 Å². The van der Waals surface area contributed by atoms with Gasteiger partial charge in [-0.05, 0) is 97.1 Å². The molecule has 7 heteroatoms. The van der Waals surface area contributed by atoms with E-state index in [1.807, 2.05) is 30.5 Å². The minimum atomic E-state index is -0.251. The molecular weight excluding hydrogens is 1080 g/mol. The molecule has 4 aromatic heterocycles. The Bertz CT molecular complexity index is 4080. The van der Waals surface area contributed by atoms with Crippen LogP contribution in [-0.4, -0.2) is 14.1 Å². The van der Waals surface area contributed by atoms with Gasteiger partial charge in [-0.15, -0.1) is 29.7 Å². The van der Waals surface area contributed by atoms with Crippen molar-refractivity contribution in [2.45, 2.75) is 78.6 Å². The Morgan fingerprint density at radius 3 is 2.00 bits per heavy atom. The van der Waals surface area contributed by atoms with Crippen molar-refractivity contribution in [3.8, 4) is 50.9 Å². The number of fused-ring (bicyclic) bond motifs is 7.